The molecule has 0 unspecified atom stereocenters. The molecule has 0 N–H and O–H groups in total. The third-order valence-corrected chi connectivity index (χ3v) is 15.2. The van der Waals surface area contributed by atoms with Gasteiger partial charge in [0.1, 0.15) is 0 Å². The Bertz CT molecular complexity index is 7530. The van der Waals surface area contributed by atoms with Gasteiger partial charge in [-0.25, -0.2) is 0 Å². The van der Waals surface area contributed by atoms with Crippen LogP contribution in [0.25, 0.3) is 77.2 Å². The molecule has 0 aliphatic carbocycles. The van der Waals surface area contributed by atoms with Gasteiger partial charge in [-0.2, -0.15) is 0 Å². The quantitative estimate of drug-likeness (QED) is 0.148. The van der Waals surface area contributed by atoms with E-state index in [1.54, 1.807) is 41.5 Å². The summed E-state index contributed by atoms with van der Waals surface area (Å²) >= 11 is 0. The Morgan fingerprint density at radius 1 is 0.337 bits per heavy atom. The van der Waals surface area contributed by atoms with Crippen molar-refractivity contribution in [1.82, 2.24) is 9.13 Å². The Balaban J connectivity index is 1.18. The van der Waals surface area contributed by atoms with Gasteiger partial charge in [-0.3, -0.25) is 0 Å². The fourth-order valence-electron chi connectivity index (χ4n) is 11.3. The van der Waals surface area contributed by atoms with E-state index in [4.69, 9.17) is 12.3 Å². The van der Waals surface area contributed by atoms with E-state index in [0.29, 0.717) is 4.90 Å². The highest BCUT2D eigenvalue weighted by molar-refractivity contribution is 7.00. The average molecular weight is 1150 g/mol. The third-order valence-electron chi connectivity index (χ3n) is 15.2. The maximum absolute atomic E-state index is 11.5. The molecule has 0 saturated carbocycles. The van der Waals surface area contributed by atoms with Crippen LogP contribution >= 0.6 is 0 Å². The lowest BCUT2D eigenvalue weighted by Crippen LogP contribution is -2.61. The van der Waals surface area contributed by atoms with E-state index in [1.807, 2.05) is 0 Å². The number of para-hydroxylation sites is 5. The van der Waals surface area contributed by atoms with E-state index in [-0.39, 0.29) is 16.0 Å². The van der Waals surface area contributed by atoms with Gasteiger partial charge in [-0.1, -0.05) is 205 Å². The van der Waals surface area contributed by atoms with E-state index in [9.17, 15) is 48.0 Å². The summed E-state index contributed by atoms with van der Waals surface area (Å²) in [6.07, 6.45) is 0. The minimum Gasteiger partial charge on any atom is -0.311 e. The molecule has 3 aliphatic heterocycles. The lowest BCUT2D eigenvalue weighted by Gasteiger charge is -2.46. The molecule has 0 atom stereocenters. The molecule has 5 nitrogen and oxygen atoms in total. The maximum atomic E-state index is 11.5. The zero-order valence-electron chi connectivity index (χ0n) is 89.8. The summed E-state index contributed by atoms with van der Waals surface area (Å²) in [5.41, 5.74) is -24.1. The predicted molar refractivity (Wildman–Crippen MR) is 366 cm³/mol. The minimum atomic E-state index is -2.49. The van der Waals surface area contributed by atoms with Gasteiger partial charge in [0.05, 0.1) is 105 Å². The van der Waals surface area contributed by atoms with Gasteiger partial charge < -0.3 is 23.8 Å². The van der Waals surface area contributed by atoms with Gasteiger partial charge in [0.25, 0.3) is 6.71 Å². The second-order valence-corrected chi connectivity index (χ2v) is 22.3. The molecule has 3 aliphatic rings. The van der Waals surface area contributed by atoms with Crippen molar-refractivity contribution in [2.24, 2.45) is 0 Å². The normalized spacial score (nSPS) is 20.3. The Hall–Kier alpha value is -10.3. The summed E-state index contributed by atoms with van der Waals surface area (Å²) < 4.78 is 433. The topological polar surface area (TPSA) is 19.6 Å². The molecular formula is C80H62BN5. The molecule has 0 bridgehead atoms. The molecule has 0 radical (unpaired) electrons. The van der Waals surface area contributed by atoms with Crippen LogP contribution in [0.3, 0.4) is 0 Å². The molecule has 6 heteroatoms. The number of rotatable bonds is 7. The average Bonchev–Trinajstić information content (AvgIpc) is 1.30. The molecule has 0 saturated heterocycles. The van der Waals surface area contributed by atoms with Gasteiger partial charge in [0.2, 0.25) is 0 Å². The van der Waals surface area contributed by atoms with Crippen molar-refractivity contribution in [3.05, 3.63) is 277 Å². The van der Waals surface area contributed by atoms with Crippen molar-refractivity contribution in [2.45, 2.75) is 52.4 Å². The zero-order valence-corrected chi connectivity index (χ0v) is 45.8. The van der Waals surface area contributed by atoms with Crippen LogP contribution < -0.4 is 31.1 Å². The van der Waals surface area contributed by atoms with Gasteiger partial charge >= 0.3 is 0 Å². The fraction of sp³-hybridized carbons (Fsp3) is 0.100. The number of anilines is 9. The first-order chi connectivity index (χ1) is 60.3. The molecule has 0 spiro atoms. The first kappa shape index (κ1) is 22.9. The Morgan fingerprint density at radius 3 is 1.45 bits per heavy atom. The Labute approximate surface area is 564 Å². The van der Waals surface area contributed by atoms with Crippen LogP contribution in [0.1, 0.15) is 113 Å². The fourth-order valence-corrected chi connectivity index (χ4v) is 11.3. The second kappa shape index (κ2) is 18.6. The van der Waals surface area contributed by atoms with E-state index in [1.165, 1.54) is 0 Å². The van der Waals surface area contributed by atoms with Crippen LogP contribution in [0, 0.1) is 0 Å². The number of fused-ring (bicyclic) bond motifs is 12. The molecule has 2 aromatic heterocycles. The van der Waals surface area contributed by atoms with Crippen molar-refractivity contribution >= 4 is 118 Å². The van der Waals surface area contributed by atoms with Crippen LogP contribution in [0.2, 0.25) is 0 Å². The van der Waals surface area contributed by atoms with Crippen LogP contribution in [0.15, 0.2) is 266 Å². The summed E-state index contributed by atoms with van der Waals surface area (Å²) in [6.45, 7) is 7.10. The van der Waals surface area contributed by atoms with Crippen molar-refractivity contribution in [3.63, 3.8) is 0 Å². The first-order valence-corrected chi connectivity index (χ1v) is 26.7. The second-order valence-electron chi connectivity index (χ2n) is 22.3. The van der Waals surface area contributed by atoms with Crippen molar-refractivity contribution in [1.29, 1.82) is 0 Å². The minimum absolute atomic E-state index is 0.134. The monoisotopic (exact) mass is 1150 g/mol. The number of hydrogen-bond acceptors (Lipinski definition) is 3. The molecule has 17 rings (SSSR count). The molecule has 5 heterocycles. The summed E-state index contributed by atoms with van der Waals surface area (Å²) in [5.74, 6) is 0. The van der Waals surface area contributed by atoms with E-state index >= 15 is 0 Å². The van der Waals surface area contributed by atoms with Crippen LogP contribution in [0.5, 0.6) is 0 Å². The highest BCUT2D eigenvalue weighted by Crippen LogP contribution is 2.54. The predicted octanol–water partition coefficient (Wildman–Crippen LogP) is 19.7. The molecule has 410 valence electrons. The summed E-state index contributed by atoms with van der Waals surface area (Å²) in [4.78, 5) is 1.56. The lowest BCUT2D eigenvalue weighted by atomic mass is 9.33. The van der Waals surface area contributed by atoms with E-state index < -0.39 is 428 Å². The molecule has 0 amide bonds. The van der Waals surface area contributed by atoms with Crippen molar-refractivity contribution in [3.8, 4) is 33.6 Å². The van der Waals surface area contributed by atoms with Crippen molar-refractivity contribution in [2.75, 3.05) is 14.7 Å². The SMILES string of the molecule is [2H]c1c([2H])c([2H])c(-c2c([2H])c([2H])c(-c3c([2H])c([2H])c(N4c5c([2H])c(-n6c7c([2H])c([2H])c(C(C)(C)C)c([2H])c7c7c([2H])c(C(C)(C)C)c([2H])c([2H])c76)c([2H])c([2H])c5B5c6c4c([2H])c(N(c4c([2H])c([2H])c([2H])c([2H])c4[2H])c4c([2H])c([2H])c([2H])c([2H])c4[2H])c([2H])c6N4c6c5c([2H])c([2H])c([2H])c6-n5c6c([2H])c([2H])c([2H])c([2H])c6c6c([2H])c([2H])c([2H])c4c65)c([2H])c3[2H])c([2H])c2[2H])c([2H])c1[2H]. The first-order valence-electron chi connectivity index (χ1n) is 48.7. The standard InChI is InChI=1S/C80H62BN5/c1-79(2,3)55-38-44-69-64(46-55)65-47-56(80(4,5)6)39-45-70(65)84(69)60-42-43-66-73(48-60)83(59-40-36-54(37-41-59)53-34-32-52(33-35-53)51-20-10-7-11-21-51)74-49-61(82(57-22-12-8-13-23-57)58-24-14-9-15-25-58)50-75-76(74)81(66)67-28-19-31-72-78(67)86(75)71-30-18-27-63-62-26-16-17-29-68(62)85(72)77(63)71/h7-50H,1-6H3/i7D,8D,9D,10D,11D,12D,13D,14D,15D,16D,17D,18D,19D,20D,21D,22D,23D,24D,25D,26D,27D,28D,29D,30D,31D,32D,33D,34D,35D,36D,37D,38D,39D,40D,41D,42D,43D,44D,45D,46D,47D,48D,49D,50D. The summed E-state index contributed by atoms with van der Waals surface area (Å²) in [7, 11) is 0. The van der Waals surface area contributed by atoms with Crippen LogP contribution in [0.4, 0.5) is 51.2 Å². The Morgan fingerprint density at radius 2 is 0.837 bits per heavy atom. The van der Waals surface area contributed by atoms with Crippen molar-refractivity contribution < 1.29 is 60.3 Å². The Kier molecular flexibility index (Phi) is 4.96. The highest BCUT2D eigenvalue weighted by atomic mass is 15.2. The third kappa shape index (κ3) is 7.51. The number of hydrogen-bond donors (Lipinski definition) is 0. The van der Waals surface area contributed by atoms with E-state index in [0.717, 1.165) is 14.0 Å². The summed E-state index contributed by atoms with van der Waals surface area (Å²) in [5, 5.41) is -2.04. The smallest absolute Gasteiger partial charge is 0.252 e. The molecule has 86 heavy (non-hydrogen) atoms. The summed E-state index contributed by atoms with van der Waals surface area (Å²) in [6, 6.07) is -49.6. The van der Waals surface area contributed by atoms with Gasteiger partial charge in [-0.05, 0) is 163 Å². The number of aromatic nitrogens is 2. The molecule has 0 fully saturated rings. The number of nitrogens with zero attached hydrogens (tertiary/aromatic N) is 5. The largest absolute Gasteiger partial charge is 0.311 e. The highest BCUT2D eigenvalue weighted by Gasteiger charge is 2.47. The molecule has 12 aromatic carbocycles. The number of benzene rings is 12. The maximum Gasteiger partial charge on any atom is 0.252 e. The lowest BCUT2D eigenvalue weighted by molar-refractivity contribution is 0.590. The van der Waals surface area contributed by atoms with Crippen LogP contribution in [-0.4, -0.2) is 15.8 Å². The molecular weight excluding hydrogens is 1040 g/mol. The van der Waals surface area contributed by atoms with Gasteiger partial charge in [-0.15, -0.1) is 0 Å². The zero-order chi connectivity index (χ0) is 96.0. The van der Waals surface area contributed by atoms with Gasteiger partial charge in [0.15, 0.2) is 0 Å². The van der Waals surface area contributed by atoms with Crippen LogP contribution in [-0.2, 0) is 10.8 Å². The van der Waals surface area contributed by atoms with Gasteiger partial charge in [0, 0.05) is 61.4 Å². The molecule has 14 aromatic rings. The van der Waals surface area contributed by atoms with E-state index in [2.05, 4.69) is 0 Å².